The Labute approximate surface area is 77.0 Å². The van der Waals surface area contributed by atoms with E-state index >= 15 is 0 Å². The Kier molecular flexibility index (Phi) is 2.69. The van der Waals surface area contributed by atoms with Gasteiger partial charge >= 0.3 is 0 Å². The molecule has 1 atom stereocenters. The monoisotopic (exact) mass is 204 g/mol. The summed E-state index contributed by atoms with van der Waals surface area (Å²) in [4.78, 5) is 3.92. The molecule has 0 saturated heterocycles. The van der Waals surface area contributed by atoms with Gasteiger partial charge in [0.15, 0.2) is 0 Å². The van der Waals surface area contributed by atoms with Gasteiger partial charge in [-0.25, -0.2) is 13.6 Å². The molecule has 12 heavy (non-hydrogen) atoms. The minimum atomic E-state index is -2.31. The molecule has 1 aromatic heterocycles. The van der Waals surface area contributed by atoms with Crippen molar-refractivity contribution in [3.63, 3.8) is 0 Å². The van der Waals surface area contributed by atoms with E-state index in [-0.39, 0.29) is 0 Å². The van der Waals surface area contributed by atoms with Gasteiger partial charge in [-0.15, -0.1) is 0 Å². The normalized spacial score (nSPS) is 15.2. The highest BCUT2D eigenvalue weighted by Gasteiger charge is 2.04. The molecule has 1 aromatic rings. The molecule has 5 heteroatoms. The second-order valence-corrected chi connectivity index (χ2v) is 5.12. The van der Waals surface area contributed by atoms with Crippen LogP contribution in [0.5, 0.6) is 0 Å². The van der Waals surface area contributed by atoms with Gasteiger partial charge in [0.2, 0.25) is 0 Å². The van der Waals surface area contributed by atoms with E-state index in [0.29, 0.717) is 10.0 Å². The Morgan fingerprint density at radius 1 is 1.58 bits per heavy atom. The predicted octanol–water partition coefficient (Wildman–Crippen LogP) is 1.82. The van der Waals surface area contributed by atoms with Crippen LogP contribution in [0.4, 0.5) is 0 Å². The average Bonchev–Trinajstić information content (AvgIpc) is 2.05. The van der Waals surface area contributed by atoms with E-state index in [0.717, 1.165) is 0 Å². The Morgan fingerprint density at radius 3 is 2.67 bits per heavy atom. The molecule has 0 fully saturated rings. The maximum atomic E-state index is 11.6. The van der Waals surface area contributed by atoms with Crippen molar-refractivity contribution in [3.05, 3.63) is 23.4 Å². The van der Waals surface area contributed by atoms with Crippen molar-refractivity contribution in [2.75, 3.05) is 13.3 Å². The maximum absolute atomic E-state index is 11.6. The molecular formula is C7H9ClN2OS. The fraction of sp³-hybridized carbons (Fsp3) is 0.286. The van der Waals surface area contributed by atoms with Crippen LogP contribution in [-0.4, -0.2) is 22.5 Å². The van der Waals surface area contributed by atoms with E-state index in [1.807, 2.05) is 0 Å². The highest BCUT2D eigenvalue weighted by atomic mass is 35.5. The molecule has 0 saturated carbocycles. The fourth-order valence-electron chi connectivity index (χ4n) is 0.680. The Balaban J connectivity index is 3.24. The summed E-state index contributed by atoms with van der Waals surface area (Å²) >= 11 is 5.62. The number of rotatable bonds is 1. The van der Waals surface area contributed by atoms with Gasteiger partial charge in [-0.3, -0.25) is 0 Å². The van der Waals surface area contributed by atoms with Gasteiger partial charge in [0.1, 0.15) is 5.03 Å². The van der Waals surface area contributed by atoms with Crippen molar-refractivity contribution >= 4 is 21.3 Å². The minimum absolute atomic E-state index is 0.467. The lowest BCUT2D eigenvalue weighted by Gasteiger charge is -2.00. The summed E-state index contributed by atoms with van der Waals surface area (Å²) in [5.74, 6) is 0. The molecule has 0 aliphatic carbocycles. The van der Waals surface area contributed by atoms with Crippen LogP contribution in [0.15, 0.2) is 27.7 Å². The van der Waals surface area contributed by atoms with Crippen LogP contribution in [0.3, 0.4) is 0 Å². The number of halogens is 1. The highest BCUT2D eigenvalue weighted by Crippen LogP contribution is 2.11. The Bertz CT molecular complexity index is 379. The first-order chi connectivity index (χ1) is 5.56. The van der Waals surface area contributed by atoms with Crippen LogP contribution in [0.2, 0.25) is 5.02 Å². The molecule has 0 radical (unpaired) electrons. The molecule has 0 bridgehead atoms. The first-order valence-corrected chi connectivity index (χ1v) is 5.58. The van der Waals surface area contributed by atoms with Crippen molar-refractivity contribution in [2.45, 2.75) is 5.03 Å². The molecule has 0 aromatic carbocycles. The van der Waals surface area contributed by atoms with E-state index < -0.39 is 9.73 Å². The molecule has 66 valence electrons. The lowest BCUT2D eigenvalue weighted by atomic mass is 10.5. The van der Waals surface area contributed by atoms with Gasteiger partial charge in [-0.2, -0.15) is 0 Å². The van der Waals surface area contributed by atoms with Crippen molar-refractivity contribution in [2.24, 2.45) is 4.36 Å². The second-order valence-electron chi connectivity index (χ2n) is 2.30. The standard InChI is InChI=1S/C7H9ClN2OS/c1-9-12(2,11)7-4-3-6(8)5-10-7/h3-5H,1-2H3/t12-/m0/s1. The molecule has 0 spiro atoms. The van der Waals surface area contributed by atoms with E-state index in [4.69, 9.17) is 11.6 Å². The van der Waals surface area contributed by atoms with E-state index in [1.165, 1.54) is 13.2 Å². The summed E-state index contributed by atoms with van der Waals surface area (Å²) in [5, 5.41) is 0.999. The summed E-state index contributed by atoms with van der Waals surface area (Å²) in [5.41, 5.74) is 0. The first kappa shape index (κ1) is 9.48. The third-order valence-corrected chi connectivity index (χ3v) is 3.37. The lowest BCUT2D eigenvalue weighted by Crippen LogP contribution is -1.99. The summed E-state index contributed by atoms with van der Waals surface area (Å²) in [7, 11) is -0.797. The molecule has 0 N–H and O–H groups in total. The van der Waals surface area contributed by atoms with Gasteiger partial charge in [0.05, 0.1) is 14.8 Å². The zero-order valence-electron chi connectivity index (χ0n) is 6.82. The molecular weight excluding hydrogens is 196 g/mol. The summed E-state index contributed by atoms with van der Waals surface area (Å²) in [6.07, 6.45) is 3.01. The molecule has 0 unspecified atom stereocenters. The van der Waals surface area contributed by atoms with Crippen LogP contribution in [0.25, 0.3) is 0 Å². The maximum Gasteiger partial charge on any atom is 0.135 e. The molecule has 1 rings (SSSR count). The minimum Gasteiger partial charge on any atom is -0.245 e. The number of hydrogen-bond acceptors (Lipinski definition) is 3. The molecule has 0 aliphatic rings. The van der Waals surface area contributed by atoms with Gasteiger partial charge < -0.3 is 0 Å². The Morgan fingerprint density at radius 2 is 2.25 bits per heavy atom. The first-order valence-electron chi connectivity index (χ1n) is 3.28. The number of aromatic nitrogens is 1. The summed E-state index contributed by atoms with van der Waals surface area (Å²) in [6, 6.07) is 3.27. The second kappa shape index (κ2) is 3.41. The summed E-state index contributed by atoms with van der Waals surface area (Å²) in [6.45, 7) is 0. The molecule has 0 aliphatic heterocycles. The topological polar surface area (TPSA) is 42.3 Å². The van der Waals surface area contributed by atoms with Crippen LogP contribution in [0.1, 0.15) is 0 Å². The molecule has 0 amide bonds. The number of pyridine rings is 1. The van der Waals surface area contributed by atoms with E-state index in [1.54, 1.807) is 18.4 Å². The van der Waals surface area contributed by atoms with Gasteiger partial charge in [0.25, 0.3) is 0 Å². The quantitative estimate of drug-likeness (QED) is 0.701. The smallest absolute Gasteiger partial charge is 0.135 e. The molecule has 3 nitrogen and oxygen atoms in total. The summed E-state index contributed by atoms with van der Waals surface area (Å²) < 4.78 is 15.3. The predicted molar refractivity (Wildman–Crippen MR) is 49.9 cm³/mol. The van der Waals surface area contributed by atoms with Gasteiger partial charge in [-0.1, -0.05) is 11.6 Å². The Hall–Kier alpha value is -0.610. The van der Waals surface area contributed by atoms with Crippen molar-refractivity contribution in [1.82, 2.24) is 4.98 Å². The lowest BCUT2D eigenvalue weighted by molar-refractivity contribution is 0.677. The SMILES string of the molecule is CN=[S@@](C)(=O)c1ccc(Cl)cn1. The molecule has 1 heterocycles. The van der Waals surface area contributed by atoms with Crippen molar-refractivity contribution in [1.29, 1.82) is 0 Å². The van der Waals surface area contributed by atoms with E-state index in [9.17, 15) is 4.21 Å². The van der Waals surface area contributed by atoms with Crippen molar-refractivity contribution in [3.8, 4) is 0 Å². The largest absolute Gasteiger partial charge is 0.245 e. The van der Waals surface area contributed by atoms with Crippen LogP contribution < -0.4 is 0 Å². The third-order valence-electron chi connectivity index (χ3n) is 1.44. The number of hydrogen-bond donors (Lipinski definition) is 0. The highest BCUT2D eigenvalue weighted by molar-refractivity contribution is 7.92. The van der Waals surface area contributed by atoms with Gasteiger partial charge in [0, 0.05) is 19.5 Å². The fourth-order valence-corrected chi connectivity index (χ4v) is 1.55. The zero-order valence-corrected chi connectivity index (χ0v) is 8.39. The van der Waals surface area contributed by atoms with Crippen LogP contribution in [0, 0.1) is 0 Å². The van der Waals surface area contributed by atoms with Crippen molar-refractivity contribution < 1.29 is 4.21 Å². The van der Waals surface area contributed by atoms with Gasteiger partial charge in [-0.05, 0) is 12.1 Å². The van der Waals surface area contributed by atoms with E-state index in [2.05, 4.69) is 9.35 Å². The van der Waals surface area contributed by atoms with Crippen LogP contribution in [-0.2, 0) is 9.73 Å². The third kappa shape index (κ3) is 1.95. The zero-order chi connectivity index (χ0) is 9.19. The average molecular weight is 205 g/mol. The number of nitrogens with zero attached hydrogens (tertiary/aromatic N) is 2. The van der Waals surface area contributed by atoms with Crippen LogP contribution >= 0.6 is 11.6 Å².